The zero-order valence-electron chi connectivity index (χ0n) is 11.6. The second-order valence-corrected chi connectivity index (χ2v) is 5.06. The lowest BCUT2D eigenvalue weighted by atomic mass is 10.1. The Kier molecular flexibility index (Phi) is 5.32. The van der Waals surface area contributed by atoms with Gasteiger partial charge in [0.2, 0.25) is 0 Å². The van der Waals surface area contributed by atoms with Crippen LogP contribution in [0.25, 0.3) is 0 Å². The minimum atomic E-state index is -0.850. The largest absolute Gasteiger partial charge is 0.395 e. The molecule has 1 aliphatic heterocycles. The molecule has 116 valence electrons. The molecule has 2 amide bonds. The highest BCUT2D eigenvalue weighted by Crippen LogP contribution is 2.24. The molecule has 5 nitrogen and oxygen atoms in total. The van der Waals surface area contributed by atoms with Crippen LogP contribution >= 0.6 is 0 Å². The zero-order valence-corrected chi connectivity index (χ0v) is 11.6. The summed E-state index contributed by atoms with van der Waals surface area (Å²) in [6.07, 6.45) is 0.874. The highest BCUT2D eigenvalue weighted by molar-refractivity contribution is 5.73. The van der Waals surface area contributed by atoms with E-state index in [1.54, 1.807) is 6.07 Å². The predicted octanol–water partition coefficient (Wildman–Crippen LogP) is 1.08. The molecular formula is C14H19F2N3O2. The third-order valence-corrected chi connectivity index (χ3v) is 3.50. The maximum absolute atomic E-state index is 13.2. The smallest absolute Gasteiger partial charge is 0.314 e. The molecule has 0 aromatic heterocycles. The van der Waals surface area contributed by atoms with Gasteiger partial charge in [-0.15, -0.1) is 0 Å². The van der Waals surface area contributed by atoms with Gasteiger partial charge in [0.05, 0.1) is 6.61 Å². The molecule has 0 spiro atoms. The van der Waals surface area contributed by atoms with Gasteiger partial charge in [-0.05, 0) is 24.5 Å². The SMILES string of the molecule is O=C(NCCO)NCC1CCN(c2ccc(F)c(F)c2)C1. The van der Waals surface area contributed by atoms with E-state index in [2.05, 4.69) is 10.6 Å². The molecule has 1 aliphatic rings. The molecule has 0 radical (unpaired) electrons. The van der Waals surface area contributed by atoms with Gasteiger partial charge in [0.15, 0.2) is 11.6 Å². The van der Waals surface area contributed by atoms with Gasteiger partial charge in [-0.25, -0.2) is 13.6 Å². The van der Waals surface area contributed by atoms with Crippen LogP contribution in [-0.4, -0.2) is 43.9 Å². The molecule has 3 N–H and O–H groups in total. The van der Waals surface area contributed by atoms with E-state index in [-0.39, 0.29) is 25.1 Å². The van der Waals surface area contributed by atoms with Crippen molar-refractivity contribution in [3.05, 3.63) is 29.8 Å². The van der Waals surface area contributed by atoms with Crippen LogP contribution in [0.15, 0.2) is 18.2 Å². The summed E-state index contributed by atoms with van der Waals surface area (Å²) in [4.78, 5) is 13.3. The van der Waals surface area contributed by atoms with Gasteiger partial charge in [-0.3, -0.25) is 0 Å². The second-order valence-electron chi connectivity index (χ2n) is 5.06. The molecule has 7 heteroatoms. The highest BCUT2D eigenvalue weighted by Gasteiger charge is 2.23. The lowest BCUT2D eigenvalue weighted by Gasteiger charge is -2.19. The number of rotatable bonds is 5. The lowest BCUT2D eigenvalue weighted by Crippen LogP contribution is -2.39. The van der Waals surface area contributed by atoms with Crippen LogP contribution in [0.1, 0.15) is 6.42 Å². The molecule has 0 saturated carbocycles. The fourth-order valence-electron chi connectivity index (χ4n) is 2.38. The van der Waals surface area contributed by atoms with E-state index in [1.807, 2.05) is 4.90 Å². The summed E-state index contributed by atoms with van der Waals surface area (Å²) in [5.74, 6) is -1.44. The van der Waals surface area contributed by atoms with Crippen LogP contribution in [0.4, 0.5) is 19.3 Å². The zero-order chi connectivity index (χ0) is 15.2. The first-order chi connectivity index (χ1) is 10.1. The number of amides is 2. The summed E-state index contributed by atoms with van der Waals surface area (Å²) < 4.78 is 26.1. The number of aliphatic hydroxyl groups is 1. The van der Waals surface area contributed by atoms with Crippen LogP contribution in [0, 0.1) is 17.6 Å². The number of hydrogen-bond acceptors (Lipinski definition) is 3. The number of nitrogens with one attached hydrogen (secondary N) is 2. The standard InChI is InChI=1S/C14H19F2N3O2/c15-12-2-1-11(7-13(12)16)19-5-3-10(9-19)8-18-14(21)17-4-6-20/h1-2,7,10,20H,3-6,8-9H2,(H2,17,18,21). The maximum Gasteiger partial charge on any atom is 0.314 e. The molecule has 1 atom stereocenters. The van der Waals surface area contributed by atoms with Crippen molar-refractivity contribution in [3.63, 3.8) is 0 Å². The number of anilines is 1. The maximum atomic E-state index is 13.2. The Bertz CT molecular complexity index is 499. The van der Waals surface area contributed by atoms with Crippen molar-refractivity contribution in [1.82, 2.24) is 10.6 Å². The van der Waals surface area contributed by atoms with Crippen molar-refractivity contribution in [2.45, 2.75) is 6.42 Å². The van der Waals surface area contributed by atoms with Crippen LogP contribution in [0.5, 0.6) is 0 Å². The Morgan fingerprint density at radius 1 is 1.33 bits per heavy atom. The van der Waals surface area contributed by atoms with E-state index in [0.717, 1.165) is 19.0 Å². The minimum Gasteiger partial charge on any atom is -0.395 e. The first kappa shape index (κ1) is 15.5. The van der Waals surface area contributed by atoms with Crippen LogP contribution in [0.3, 0.4) is 0 Å². The van der Waals surface area contributed by atoms with Gasteiger partial charge in [0, 0.05) is 37.9 Å². The van der Waals surface area contributed by atoms with E-state index in [4.69, 9.17) is 5.11 Å². The molecular weight excluding hydrogens is 280 g/mol. The van der Waals surface area contributed by atoms with Gasteiger partial charge in [-0.1, -0.05) is 0 Å². The number of aliphatic hydroxyl groups excluding tert-OH is 1. The van der Waals surface area contributed by atoms with E-state index < -0.39 is 11.6 Å². The van der Waals surface area contributed by atoms with Gasteiger partial charge >= 0.3 is 6.03 Å². The van der Waals surface area contributed by atoms with Crippen molar-refractivity contribution < 1.29 is 18.7 Å². The Hall–Kier alpha value is -1.89. The van der Waals surface area contributed by atoms with E-state index in [1.165, 1.54) is 6.07 Å². The topological polar surface area (TPSA) is 64.6 Å². The normalized spacial score (nSPS) is 17.9. The number of benzene rings is 1. The fraction of sp³-hybridized carbons (Fsp3) is 0.500. The van der Waals surface area contributed by atoms with Gasteiger partial charge in [0.25, 0.3) is 0 Å². The number of carbonyl (C=O) groups is 1. The summed E-state index contributed by atoms with van der Waals surface area (Å²) >= 11 is 0. The Labute approximate surface area is 121 Å². The average Bonchev–Trinajstić information content (AvgIpc) is 2.94. The van der Waals surface area contributed by atoms with Crippen LogP contribution in [-0.2, 0) is 0 Å². The highest BCUT2D eigenvalue weighted by atomic mass is 19.2. The van der Waals surface area contributed by atoms with Crippen molar-refractivity contribution in [1.29, 1.82) is 0 Å². The summed E-state index contributed by atoms with van der Waals surface area (Å²) in [5, 5.41) is 13.8. The van der Waals surface area contributed by atoms with Crippen LogP contribution in [0.2, 0.25) is 0 Å². The first-order valence-electron chi connectivity index (χ1n) is 6.92. The van der Waals surface area contributed by atoms with Crippen molar-refractivity contribution in [3.8, 4) is 0 Å². The predicted molar refractivity (Wildman–Crippen MR) is 75.2 cm³/mol. The molecule has 1 aromatic rings. The first-order valence-corrected chi connectivity index (χ1v) is 6.92. The summed E-state index contributed by atoms with van der Waals surface area (Å²) in [6.45, 7) is 2.07. The van der Waals surface area contributed by atoms with Gasteiger partial charge < -0.3 is 20.6 Å². The Morgan fingerprint density at radius 2 is 2.14 bits per heavy atom. The van der Waals surface area contributed by atoms with Gasteiger partial charge in [-0.2, -0.15) is 0 Å². The average molecular weight is 299 g/mol. The summed E-state index contributed by atoms with van der Waals surface area (Å²) in [6, 6.07) is 3.56. The molecule has 0 aliphatic carbocycles. The molecule has 0 bridgehead atoms. The number of urea groups is 1. The van der Waals surface area contributed by atoms with E-state index in [0.29, 0.717) is 18.8 Å². The number of nitrogens with zero attached hydrogens (tertiary/aromatic N) is 1. The molecule has 1 unspecified atom stereocenters. The quantitative estimate of drug-likeness (QED) is 0.762. The summed E-state index contributed by atoms with van der Waals surface area (Å²) in [7, 11) is 0. The molecule has 1 fully saturated rings. The van der Waals surface area contributed by atoms with Crippen LogP contribution < -0.4 is 15.5 Å². The van der Waals surface area contributed by atoms with Gasteiger partial charge in [0.1, 0.15) is 0 Å². The van der Waals surface area contributed by atoms with E-state index in [9.17, 15) is 13.6 Å². The number of carbonyl (C=O) groups excluding carboxylic acids is 1. The number of halogens is 2. The van der Waals surface area contributed by atoms with E-state index >= 15 is 0 Å². The third-order valence-electron chi connectivity index (χ3n) is 3.50. The number of hydrogen-bond donors (Lipinski definition) is 3. The fourth-order valence-corrected chi connectivity index (χ4v) is 2.38. The molecule has 1 saturated heterocycles. The van der Waals surface area contributed by atoms with Crippen molar-refractivity contribution >= 4 is 11.7 Å². The molecule has 21 heavy (non-hydrogen) atoms. The Balaban J connectivity index is 1.80. The third kappa shape index (κ3) is 4.29. The monoisotopic (exact) mass is 299 g/mol. The molecule has 1 heterocycles. The molecule has 1 aromatic carbocycles. The molecule has 2 rings (SSSR count). The summed E-state index contributed by atoms with van der Waals surface area (Å²) in [5.41, 5.74) is 0.654. The minimum absolute atomic E-state index is 0.0965. The van der Waals surface area contributed by atoms with Crippen molar-refractivity contribution in [2.24, 2.45) is 5.92 Å². The Morgan fingerprint density at radius 3 is 2.86 bits per heavy atom. The van der Waals surface area contributed by atoms with Crippen molar-refractivity contribution in [2.75, 3.05) is 37.7 Å². The second kappa shape index (κ2) is 7.21. The lowest BCUT2D eigenvalue weighted by molar-refractivity contribution is 0.233.